The Morgan fingerprint density at radius 2 is 1.96 bits per heavy atom. The van der Waals surface area contributed by atoms with Crippen LogP contribution in [0.25, 0.3) is 10.9 Å². The molecule has 7 heteroatoms. The maximum Gasteiger partial charge on any atom is 0.408 e. The number of carbonyl (C=O) groups excluding carboxylic acids is 2. The number of hydrogen-bond donors (Lipinski definition) is 1. The number of hydroxylamine groups is 2. The quantitative estimate of drug-likeness (QED) is 0.816. The van der Waals surface area contributed by atoms with Crippen molar-refractivity contribution in [2.75, 3.05) is 14.2 Å². The molecule has 1 heterocycles. The molecule has 0 aliphatic heterocycles. The van der Waals surface area contributed by atoms with Crippen molar-refractivity contribution in [3.8, 4) is 0 Å². The zero-order valence-corrected chi connectivity index (χ0v) is 17.1. The van der Waals surface area contributed by atoms with Gasteiger partial charge in [-0.05, 0) is 45.4 Å². The van der Waals surface area contributed by atoms with Gasteiger partial charge in [0.15, 0.2) is 0 Å². The summed E-state index contributed by atoms with van der Waals surface area (Å²) in [4.78, 5) is 30.0. The summed E-state index contributed by atoms with van der Waals surface area (Å²) in [5, 5.41) is 4.85. The largest absolute Gasteiger partial charge is 0.444 e. The van der Waals surface area contributed by atoms with Crippen LogP contribution in [-0.2, 0) is 27.8 Å². The van der Waals surface area contributed by atoms with Crippen LogP contribution in [0.4, 0.5) is 4.79 Å². The monoisotopic (exact) mass is 375 g/mol. The number of fused-ring (bicyclic) bond motifs is 1. The number of rotatable bonds is 5. The minimum atomic E-state index is -0.809. The van der Waals surface area contributed by atoms with Gasteiger partial charge in [-0.1, -0.05) is 11.6 Å². The second-order valence-electron chi connectivity index (χ2n) is 7.71. The number of ether oxygens (including phenoxy) is 1. The van der Waals surface area contributed by atoms with E-state index in [0.29, 0.717) is 6.42 Å². The van der Waals surface area contributed by atoms with E-state index in [1.165, 1.54) is 14.2 Å². The van der Waals surface area contributed by atoms with Crippen LogP contribution in [0.2, 0.25) is 0 Å². The molecule has 0 bridgehead atoms. The number of likely N-dealkylation sites (N-methyl/N-ethyl adjacent to an activating group) is 1. The molecule has 2 aromatic rings. The minimum absolute atomic E-state index is 0.326. The standard InChI is InChI=1S/C20H29N3O4/c1-13-8-9-17-15(10-13)14(12-22(17)5)11-16(18(24)23(6)26-7)21-19(25)27-20(2,3)4/h8-10,12,16H,11H2,1-7H3,(H,21,25). The minimum Gasteiger partial charge on any atom is -0.444 e. The zero-order valence-electron chi connectivity index (χ0n) is 17.1. The van der Waals surface area contributed by atoms with Gasteiger partial charge in [-0.2, -0.15) is 0 Å². The van der Waals surface area contributed by atoms with Gasteiger partial charge in [-0.3, -0.25) is 9.63 Å². The lowest BCUT2D eigenvalue weighted by atomic mass is 10.0. The van der Waals surface area contributed by atoms with Crippen LogP contribution in [0.1, 0.15) is 31.9 Å². The summed E-state index contributed by atoms with van der Waals surface area (Å²) in [7, 11) is 4.88. The lowest BCUT2D eigenvalue weighted by molar-refractivity contribution is -0.171. The topological polar surface area (TPSA) is 72.8 Å². The van der Waals surface area contributed by atoms with E-state index in [-0.39, 0.29) is 5.91 Å². The van der Waals surface area contributed by atoms with Gasteiger partial charge < -0.3 is 14.6 Å². The van der Waals surface area contributed by atoms with Crippen LogP contribution in [0.5, 0.6) is 0 Å². The fourth-order valence-corrected chi connectivity index (χ4v) is 2.93. The number of amides is 2. The molecule has 0 saturated carbocycles. The number of hydrogen-bond acceptors (Lipinski definition) is 4. The highest BCUT2D eigenvalue weighted by Gasteiger charge is 2.28. The van der Waals surface area contributed by atoms with Gasteiger partial charge in [0.25, 0.3) is 5.91 Å². The lowest BCUT2D eigenvalue weighted by Crippen LogP contribution is -2.49. The summed E-state index contributed by atoms with van der Waals surface area (Å²) in [5.74, 6) is -0.354. The first kappa shape index (κ1) is 20.8. The smallest absolute Gasteiger partial charge is 0.408 e. The maximum absolute atomic E-state index is 12.7. The van der Waals surface area contributed by atoms with Crippen LogP contribution < -0.4 is 5.32 Å². The normalized spacial score (nSPS) is 12.7. The van der Waals surface area contributed by atoms with Crippen LogP contribution in [0.3, 0.4) is 0 Å². The van der Waals surface area contributed by atoms with Crippen molar-refractivity contribution in [1.29, 1.82) is 0 Å². The summed E-state index contributed by atoms with van der Waals surface area (Å²) in [6.45, 7) is 7.35. The highest BCUT2D eigenvalue weighted by atomic mass is 16.7. The predicted molar refractivity (Wildman–Crippen MR) is 104 cm³/mol. The summed E-state index contributed by atoms with van der Waals surface area (Å²) in [6, 6.07) is 5.37. The van der Waals surface area contributed by atoms with E-state index in [1.807, 2.05) is 36.9 Å². The lowest BCUT2D eigenvalue weighted by Gasteiger charge is -2.25. The van der Waals surface area contributed by atoms with E-state index in [1.54, 1.807) is 20.8 Å². The van der Waals surface area contributed by atoms with Crippen molar-refractivity contribution in [3.05, 3.63) is 35.5 Å². The SMILES string of the molecule is CON(C)C(=O)C(Cc1cn(C)c2ccc(C)cc12)NC(=O)OC(C)(C)C. The maximum atomic E-state index is 12.7. The molecule has 1 aromatic carbocycles. The highest BCUT2D eigenvalue weighted by Crippen LogP contribution is 2.23. The Kier molecular flexibility index (Phi) is 6.15. The molecule has 27 heavy (non-hydrogen) atoms. The molecule has 1 aromatic heterocycles. The molecule has 7 nitrogen and oxygen atoms in total. The average Bonchev–Trinajstić information content (AvgIpc) is 2.86. The van der Waals surface area contributed by atoms with E-state index in [9.17, 15) is 9.59 Å². The Bertz CT molecular complexity index is 836. The van der Waals surface area contributed by atoms with Crippen molar-refractivity contribution >= 4 is 22.9 Å². The summed E-state index contributed by atoms with van der Waals surface area (Å²) in [5.41, 5.74) is 2.52. The third-order valence-electron chi connectivity index (χ3n) is 4.22. The van der Waals surface area contributed by atoms with Crippen molar-refractivity contribution in [3.63, 3.8) is 0 Å². The molecule has 1 atom stereocenters. The van der Waals surface area contributed by atoms with E-state index in [2.05, 4.69) is 11.4 Å². The number of carbonyl (C=O) groups is 2. The second-order valence-corrected chi connectivity index (χ2v) is 7.71. The molecule has 0 aliphatic rings. The number of aromatic nitrogens is 1. The molecule has 1 N–H and O–H groups in total. The van der Waals surface area contributed by atoms with E-state index >= 15 is 0 Å². The van der Waals surface area contributed by atoms with Gasteiger partial charge in [0.2, 0.25) is 0 Å². The first-order valence-corrected chi connectivity index (χ1v) is 8.87. The van der Waals surface area contributed by atoms with Gasteiger partial charge in [-0.25, -0.2) is 9.86 Å². The summed E-state index contributed by atoms with van der Waals surface area (Å²) < 4.78 is 7.33. The number of aryl methyl sites for hydroxylation is 2. The van der Waals surface area contributed by atoms with Crippen molar-refractivity contribution in [2.45, 2.75) is 45.8 Å². The Hall–Kier alpha value is -2.54. The van der Waals surface area contributed by atoms with E-state index in [0.717, 1.165) is 27.1 Å². The molecular formula is C20H29N3O4. The molecule has 1 unspecified atom stereocenters. The molecule has 2 amide bonds. The number of benzene rings is 1. The molecule has 0 saturated heterocycles. The molecule has 0 spiro atoms. The predicted octanol–water partition coefficient (Wildman–Crippen LogP) is 2.94. The molecule has 0 radical (unpaired) electrons. The molecule has 2 rings (SSSR count). The number of nitrogens with zero attached hydrogens (tertiary/aromatic N) is 2. The first-order valence-electron chi connectivity index (χ1n) is 8.87. The van der Waals surface area contributed by atoms with Crippen molar-refractivity contribution < 1.29 is 19.2 Å². The Morgan fingerprint density at radius 3 is 2.56 bits per heavy atom. The van der Waals surface area contributed by atoms with Gasteiger partial charge in [0.1, 0.15) is 11.6 Å². The Morgan fingerprint density at radius 1 is 1.30 bits per heavy atom. The van der Waals surface area contributed by atoms with E-state index < -0.39 is 17.7 Å². The third kappa shape index (κ3) is 5.23. The van der Waals surface area contributed by atoms with Gasteiger partial charge >= 0.3 is 6.09 Å². The van der Waals surface area contributed by atoms with Crippen molar-refractivity contribution in [1.82, 2.24) is 14.9 Å². The number of alkyl carbamates (subject to hydrolysis) is 1. The van der Waals surface area contributed by atoms with Crippen LogP contribution >= 0.6 is 0 Å². The molecule has 148 valence electrons. The summed E-state index contributed by atoms with van der Waals surface area (Å²) >= 11 is 0. The van der Waals surface area contributed by atoms with Gasteiger partial charge in [-0.15, -0.1) is 0 Å². The van der Waals surface area contributed by atoms with Gasteiger partial charge in [0.05, 0.1) is 7.11 Å². The van der Waals surface area contributed by atoms with Crippen LogP contribution in [-0.4, -0.2) is 47.4 Å². The highest BCUT2D eigenvalue weighted by molar-refractivity contribution is 5.88. The fraction of sp³-hybridized carbons (Fsp3) is 0.500. The fourth-order valence-electron chi connectivity index (χ4n) is 2.93. The number of nitrogens with one attached hydrogen (secondary N) is 1. The Labute approximate surface area is 160 Å². The first-order chi connectivity index (χ1) is 12.5. The summed E-state index contributed by atoms with van der Waals surface area (Å²) in [6.07, 6.45) is 1.67. The molecule has 0 fully saturated rings. The van der Waals surface area contributed by atoms with Crippen LogP contribution in [0, 0.1) is 6.92 Å². The average molecular weight is 375 g/mol. The van der Waals surface area contributed by atoms with Crippen LogP contribution in [0.15, 0.2) is 24.4 Å². The third-order valence-corrected chi connectivity index (χ3v) is 4.22. The van der Waals surface area contributed by atoms with Crippen molar-refractivity contribution in [2.24, 2.45) is 7.05 Å². The zero-order chi connectivity index (χ0) is 20.4. The molecule has 0 aliphatic carbocycles. The van der Waals surface area contributed by atoms with Gasteiger partial charge in [0, 0.05) is 37.6 Å². The second kappa shape index (κ2) is 8.00. The Balaban J connectivity index is 2.33. The molecular weight excluding hydrogens is 346 g/mol. The van der Waals surface area contributed by atoms with E-state index in [4.69, 9.17) is 9.57 Å².